The van der Waals surface area contributed by atoms with E-state index in [9.17, 15) is 34.8 Å². The monoisotopic (exact) mass is 972 g/mol. The van der Waals surface area contributed by atoms with Crippen LogP contribution < -0.4 is 9.62 Å². The number of allylic oxidation sites excluding steroid dienone is 1. The van der Waals surface area contributed by atoms with Gasteiger partial charge in [-0.3, -0.25) is 14.6 Å². The van der Waals surface area contributed by atoms with Crippen LogP contribution in [-0.4, -0.2) is 109 Å². The Hall–Kier alpha value is -3.90. The van der Waals surface area contributed by atoms with Crippen LogP contribution in [0.4, 0.5) is 18.9 Å². The molecule has 0 spiro atoms. The molecule has 2 saturated heterocycles. The summed E-state index contributed by atoms with van der Waals surface area (Å²) in [6, 6.07) is 26.7. The van der Waals surface area contributed by atoms with Crippen molar-refractivity contribution in [3.8, 4) is 0 Å². The first-order valence-corrected chi connectivity index (χ1v) is 26.2. The number of alkyl halides is 3. The molecular weight excluding hydrogens is 917 g/mol. The molecule has 10 nitrogen and oxygen atoms in total. The lowest BCUT2D eigenvalue weighted by molar-refractivity contribution is -0.0436. The smallest absolute Gasteiger partial charge is 0.379 e. The molecule has 2 aliphatic heterocycles. The number of nitrogens with one attached hydrogen (secondary N) is 1. The lowest BCUT2D eigenvalue weighted by Crippen LogP contribution is -2.47. The van der Waals surface area contributed by atoms with Crippen molar-refractivity contribution < 1.29 is 39.5 Å². The molecule has 7 rings (SSSR count). The van der Waals surface area contributed by atoms with Crippen molar-refractivity contribution in [2.45, 2.75) is 66.1 Å². The second kappa shape index (κ2) is 20.9. The number of morpholine rings is 1. The summed E-state index contributed by atoms with van der Waals surface area (Å²) in [5, 5.41) is 0.716. The summed E-state index contributed by atoms with van der Waals surface area (Å²) in [5.41, 5.74) is -0.695. The molecule has 1 aliphatic carbocycles. The van der Waals surface area contributed by atoms with Crippen LogP contribution in [-0.2, 0) is 31.0 Å². The largest absolute Gasteiger partial charge is 0.501 e. The Morgan fingerprint density at radius 3 is 2.20 bits per heavy atom. The van der Waals surface area contributed by atoms with Crippen molar-refractivity contribution in [2.75, 3.05) is 76.2 Å². The summed E-state index contributed by atoms with van der Waals surface area (Å²) < 4.78 is 103. The third-order valence-electron chi connectivity index (χ3n) is 12.5. The highest BCUT2D eigenvalue weighted by Crippen LogP contribution is 2.43. The third kappa shape index (κ3) is 12.8. The van der Waals surface area contributed by atoms with E-state index in [1.54, 1.807) is 12.1 Å². The first-order valence-electron chi connectivity index (χ1n) is 21.9. The summed E-state index contributed by atoms with van der Waals surface area (Å²) >= 11 is 7.70. The van der Waals surface area contributed by atoms with Crippen LogP contribution in [0.5, 0.6) is 0 Å². The van der Waals surface area contributed by atoms with Crippen molar-refractivity contribution in [1.29, 1.82) is 0 Å². The zero-order chi connectivity index (χ0) is 46.4. The molecule has 1 amide bonds. The molecule has 350 valence electrons. The van der Waals surface area contributed by atoms with Crippen LogP contribution in [0, 0.1) is 11.3 Å². The average molecular weight is 974 g/mol. The number of halogens is 4. The van der Waals surface area contributed by atoms with Gasteiger partial charge in [0.15, 0.2) is 0 Å². The number of carbonyl (C=O) groups excluding carboxylic acids is 1. The lowest BCUT2D eigenvalue weighted by atomic mass is 9.73. The van der Waals surface area contributed by atoms with Crippen molar-refractivity contribution in [2.24, 2.45) is 11.3 Å². The van der Waals surface area contributed by atoms with Gasteiger partial charge < -0.3 is 9.64 Å². The van der Waals surface area contributed by atoms with E-state index in [1.165, 1.54) is 40.6 Å². The molecule has 3 aliphatic rings. The topological polar surface area (TPSA) is 116 Å². The Bertz CT molecular complexity index is 2530. The standard InChI is InChI=1S/C48H56ClF3N4O6S3/c1-47(2)20-18-44(36-8-13-40(49)14-9-36)39(32-47)33-55-22-24-56(25-23-55)41-15-10-37(11-16-41)46(57)53-65(60,61)43-17-12-38(45(31-43)64(58,59)48(50,51)52)30-35(19-21-54-26-28-62-29-27-54)34-63-42-6-4-3-5-7-42/h3-17,31,35H,18-30,32-34H2,1-2H3,(H,53,57)/t35-/m0/s1. The van der Waals surface area contributed by atoms with Gasteiger partial charge >= 0.3 is 5.51 Å². The summed E-state index contributed by atoms with van der Waals surface area (Å²) in [6.45, 7) is 11.8. The van der Waals surface area contributed by atoms with E-state index in [1.807, 2.05) is 47.2 Å². The number of sulfonamides is 1. The number of ether oxygens (including phenoxy) is 1. The van der Waals surface area contributed by atoms with E-state index in [4.69, 9.17) is 16.3 Å². The van der Waals surface area contributed by atoms with Gasteiger partial charge in [0.1, 0.15) is 0 Å². The van der Waals surface area contributed by atoms with Crippen LogP contribution in [0.15, 0.2) is 117 Å². The molecule has 0 bridgehead atoms. The van der Waals surface area contributed by atoms with Crippen molar-refractivity contribution in [1.82, 2.24) is 14.5 Å². The van der Waals surface area contributed by atoms with Crippen molar-refractivity contribution in [3.05, 3.63) is 124 Å². The molecule has 0 aromatic heterocycles. The predicted molar refractivity (Wildman–Crippen MR) is 252 cm³/mol. The molecule has 0 unspecified atom stereocenters. The van der Waals surface area contributed by atoms with Gasteiger partial charge in [-0.2, -0.15) is 13.2 Å². The third-order valence-corrected chi connectivity index (χ3v) is 16.9. The molecule has 17 heteroatoms. The summed E-state index contributed by atoms with van der Waals surface area (Å²) in [4.78, 5) is 19.2. The van der Waals surface area contributed by atoms with Crippen LogP contribution in [0.25, 0.3) is 5.57 Å². The molecule has 1 N–H and O–H groups in total. The van der Waals surface area contributed by atoms with Gasteiger partial charge in [0.2, 0.25) is 0 Å². The molecule has 0 saturated carbocycles. The number of anilines is 1. The zero-order valence-corrected chi connectivity index (χ0v) is 39.9. The van der Waals surface area contributed by atoms with Gasteiger partial charge in [0.25, 0.3) is 25.8 Å². The minimum atomic E-state index is -5.99. The Balaban J connectivity index is 1.02. The van der Waals surface area contributed by atoms with Crippen molar-refractivity contribution in [3.63, 3.8) is 0 Å². The molecular formula is C48H56ClF3N4O6S3. The Morgan fingerprint density at radius 1 is 0.862 bits per heavy atom. The van der Waals surface area contributed by atoms with Crippen LogP contribution >= 0.6 is 23.4 Å². The van der Waals surface area contributed by atoms with E-state index in [-0.39, 0.29) is 28.9 Å². The number of piperazine rings is 1. The highest BCUT2D eigenvalue weighted by molar-refractivity contribution is 7.99. The van der Waals surface area contributed by atoms with Gasteiger partial charge in [0.05, 0.1) is 23.0 Å². The molecule has 4 aromatic rings. The number of amides is 1. The second-order valence-corrected chi connectivity index (χ2v) is 23.0. The number of sulfone groups is 1. The lowest BCUT2D eigenvalue weighted by Gasteiger charge is -2.39. The molecule has 65 heavy (non-hydrogen) atoms. The van der Waals surface area contributed by atoms with E-state index in [0.29, 0.717) is 56.1 Å². The van der Waals surface area contributed by atoms with Gasteiger partial charge in [-0.05, 0) is 127 Å². The van der Waals surface area contributed by atoms with E-state index in [0.717, 1.165) is 74.7 Å². The summed E-state index contributed by atoms with van der Waals surface area (Å²) in [7, 11) is -10.8. The average Bonchev–Trinajstić information content (AvgIpc) is 3.28. The fourth-order valence-corrected chi connectivity index (χ4v) is 12.1. The Kier molecular flexibility index (Phi) is 15.8. The molecule has 1 atom stereocenters. The van der Waals surface area contributed by atoms with Crippen molar-refractivity contribution >= 4 is 60.4 Å². The number of hydrogen-bond donors (Lipinski definition) is 1. The Morgan fingerprint density at radius 2 is 1.54 bits per heavy atom. The minimum Gasteiger partial charge on any atom is -0.379 e. The number of nitrogens with zero attached hydrogens (tertiary/aromatic N) is 3. The van der Waals surface area contributed by atoms with E-state index >= 15 is 0 Å². The molecule has 0 radical (unpaired) electrons. The molecule has 2 heterocycles. The normalized spacial score (nSPS) is 18.4. The maximum atomic E-state index is 14.2. The fourth-order valence-electron chi connectivity index (χ4n) is 8.78. The first kappa shape index (κ1) is 49.0. The second-order valence-electron chi connectivity index (χ2n) is 17.8. The van der Waals surface area contributed by atoms with Crippen LogP contribution in [0.1, 0.15) is 61.0 Å². The Labute approximate surface area is 390 Å². The summed E-state index contributed by atoms with van der Waals surface area (Å²) in [6.07, 6.45) is 3.67. The fraction of sp³-hybridized carbons (Fsp3) is 0.438. The van der Waals surface area contributed by atoms with Gasteiger partial charge in [0, 0.05) is 72.7 Å². The van der Waals surface area contributed by atoms with Crippen LogP contribution in [0.2, 0.25) is 5.02 Å². The molecule has 4 aromatic carbocycles. The first-order chi connectivity index (χ1) is 30.9. The van der Waals surface area contributed by atoms with Crippen LogP contribution in [0.3, 0.4) is 0 Å². The number of rotatable bonds is 16. The predicted octanol–water partition coefficient (Wildman–Crippen LogP) is 9.21. The number of hydrogen-bond acceptors (Lipinski definition) is 10. The van der Waals surface area contributed by atoms with Gasteiger partial charge in [-0.1, -0.05) is 67.4 Å². The van der Waals surface area contributed by atoms with Gasteiger partial charge in [-0.25, -0.2) is 21.6 Å². The summed E-state index contributed by atoms with van der Waals surface area (Å²) in [5.74, 6) is -0.791. The highest BCUT2D eigenvalue weighted by atomic mass is 35.5. The maximum Gasteiger partial charge on any atom is 0.501 e. The van der Waals surface area contributed by atoms with Gasteiger partial charge in [-0.15, -0.1) is 11.8 Å². The van der Waals surface area contributed by atoms with E-state index < -0.39 is 41.1 Å². The quantitative estimate of drug-likeness (QED) is 0.109. The van der Waals surface area contributed by atoms with E-state index in [2.05, 4.69) is 40.7 Å². The molecule has 2 fully saturated rings. The highest BCUT2D eigenvalue weighted by Gasteiger charge is 2.48. The minimum absolute atomic E-state index is 0.0105. The number of thioether (sulfide) groups is 1. The SMILES string of the molecule is CC1(C)CCC(c2ccc(Cl)cc2)=C(CN2CCN(c3ccc(C(=O)NS(=O)(=O)c4ccc(C[C@H](CCN5CCOCC5)CSc5ccccc5)c(S(=O)(=O)C(F)(F)F)c4)cc3)CC2)C1. The number of carbonyl (C=O) groups is 1. The maximum absolute atomic E-state index is 14.2. The number of benzene rings is 4. The zero-order valence-electron chi connectivity index (χ0n) is 36.7.